The van der Waals surface area contributed by atoms with Crippen molar-refractivity contribution in [1.29, 1.82) is 0 Å². The highest BCUT2D eigenvalue weighted by atomic mass is 32.2. The number of fused-ring (bicyclic) bond motifs is 1. The van der Waals surface area contributed by atoms with Crippen molar-refractivity contribution in [1.82, 2.24) is 14.5 Å². The van der Waals surface area contributed by atoms with Crippen LogP contribution in [0.3, 0.4) is 0 Å². The molecule has 3 aromatic rings. The Balaban J connectivity index is 1.67. The van der Waals surface area contributed by atoms with Crippen LogP contribution in [0.2, 0.25) is 0 Å². The van der Waals surface area contributed by atoms with Gasteiger partial charge in [-0.05, 0) is 57.1 Å². The first-order chi connectivity index (χ1) is 13.2. The Labute approximate surface area is 164 Å². The van der Waals surface area contributed by atoms with Crippen LogP contribution in [0.1, 0.15) is 24.8 Å². The smallest absolute Gasteiger partial charge is 0.266 e. The standard InChI is InChI=1S/C22H25N3OS/c1-17-9-11-18(12-10-17)25-21(26)19-7-3-4-8-20(19)23-22(25)27-16-15-24-13-5-2-6-14-24/h3-4,7-12H,2,5-6,13-16H2,1H3. The van der Waals surface area contributed by atoms with Crippen LogP contribution in [0.15, 0.2) is 58.5 Å². The lowest BCUT2D eigenvalue weighted by Gasteiger charge is -2.26. The maximum absolute atomic E-state index is 13.2. The molecule has 0 bridgehead atoms. The molecule has 5 heteroatoms. The number of thioether (sulfide) groups is 1. The molecule has 1 saturated heterocycles. The minimum absolute atomic E-state index is 0.00456. The van der Waals surface area contributed by atoms with Gasteiger partial charge in [0.2, 0.25) is 0 Å². The Hall–Kier alpha value is -2.11. The normalized spacial score (nSPS) is 15.3. The number of benzene rings is 2. The molecular formula is C22H25N3OS. The molecule has 0 amide bonds. The maximum Gasteiger partial charge on any atom is 0.266 e. The van der Waals surface area contributed by atoms with Gasteiger partial charge in [0.1, 0.15) is 0 Å². The van der Waals surface area contributed by atoms with Crippen LogP contribution >= 0.6 is 11.8 Å². The highest BCUT2D eigenvalue weighted by Gasteiger charge is 2.15. The summed E-state index contributed by atoms with van der Waals surface area (Å²) in [7, 11) is 0. The van der Waals surface area contributed by atoms with Crippen LogP contribution in [0.4, 0.5) is 0 Å². The Morgan fingerprint density at radius 2 is 1.74 bits per heavy atom. The second kappa shape index (κ2) is 8.28. The summed E-state index contributed by atoms with van der Waals surface area (Å²) >= 11 is 1.68. The molecule has 4 rings (SSSR count). The van der Waals surface area contributed by atoms with Gasteiger partial charge in [0.15, 0.2) is 5.16 Å². The summed E-state index contributed by atoms with van der Waals surface area (Å²) in [6.07, 6.45) is 3.95. The summed E-state index contributed by atoms with van der Waals surface area (Å²) in [4.78, 5) is 20.5. The van der Waals surface area contributed by atoms with Crippen molar-refractivity contribution < 1.29 is 0 Å². The first-order valence-electron chi connectivity index (χ1n) is 9.66. The second-order valence-corrected chi connectivity index (χ2v) is 8.20. The number of likely N-dealkylation sites (tertiary alicyclic amines) is 1. The molecule has 4 nitrogen and oxygen atoms in total. The molecule has 0 aliphatic carbocycles. The summed E-state index contributed by atoms with van der Waals surface area (Å²) in [5.74, 6) is 0.941. The predicted octanol–water partition coefficient (Wildman–Crippen LogP) is 4.27. The SMILES string of the molecule is Cc1ccc(-n2c(SCCN3CCCCC3)nc3ccccc3c2=O)cc1. The minimum Gasteiger partial charge on any atom is -0.303 e. The first-order valence-corrected chi connectivity index (χ1v) is 10.6. The number of aryl methyl sites for hydroxylation is 1. The lowest BCUT2D eigenvalue weighted by Crippen LogP contribution is -2.31. The molecule has 27 heavy (non-hydrogen) atoms. The largest absolute Gasteiger partial charge is 0.303 e. The number of hydrogen-bond acceptors (Lipinski definition) is 4. The summed E-state index contributed by atoms with van der Waals surface area (Å²) in [6.45, 7) is 5.48. The fraction of sp³-hybridized carbons (Fsp3) is 0.364. The zero-order chi connectivity index (χ0) is 18.6. The van der Waals surface area contributed by atoms with Crippen molar-refractivity contribution >= 4 is 22.7 Å². The molecule has 0 unspecified atom stereocenters. The van der Waals surface area contributed by atoms with E-state index in [4.69, 9.17) is 4.98 Å². The van der Waals surface area contributed by atoms with Gasteiger partial charge in [-0.15, -0.1) is 0 Å². The van der Waals surface area contributed by atoms with Crippen molar-refractivity contribution in [2.45, 2.75) is 31.3 Å². The van der Waals surface area contributed by atoms with Crippen molar-refractivity contribution in [3.8, 4) is 5.69 Å². The van der Waals surface area contributed by atoms with Gasteiger partial charge in [0.05, 0.1) is 16.6 Å². The van der Waals surface area contributed by atoms with Gasteiger partial charge in [0.25, 0.3) is 5.56 Å². The van der Waals surface area contributed by atoms with Crippen LogP contribution in [-0.2, 0) is 0 Å². The van der Waals surface area contributed by atoms with Gasteiger partial charge in [-0.2, -0.15) is 0 Å². The van der Waals surface area contributed by atoms with E-state index in [2.05, 4.69) is 11.8 Å². The molecule has 1 aliphatic heterocycles. The molecule has 140 valence electrons. The van der Waals surface area contributed by atoms with Crippen LogP contribution in [0.5, 0.6) is 0 Å². The van der Waals surface area contributed by atoms with Gasteiger partial charge in [-0.25, -0.2) is 4.98 Å². The maximum atomic E-state index is 13.2. The number of para-hydroxylation sites is 1. The Kier molecular flexibility index (Phi) is 5.60. The molecule has 0 radical (unpaired) electrons. The third-order valence-corrected chi connectivity index (χ3v) is 6.04. The van der Waals surface area contributed by atoms with Crippen molar-refractivity contribution in [2.75, 3.05) is 25.4 Å². The molecule has 2 heterocycles. The number of aromatic nitrogens is 2. The first kappa shape index (κ1) is 18.3. The Bertz CT molecular complexity index is 975. The average molecular weight is 380 g/mol. The molecule has 0 saturated carbocycles. The number of rotatable bonds is 5. The van der Waals surface area contributed by atoms with Gasteiger partial charge in [-0.3, -0.25) is 9.36 Å². The molecule has 0 atom stereocenters. The quantitative estimate of drug-likeness (QED) is 0.490. The van der Waals surface area contributed by atoms with Crippen LogP contribution in [0.25, 0.3) is 16.6 Å². The van der Waals surface area contributed by atoms with Crippen molar-refractivity contribution in [2.24, 2.45) is 0 Å². The third-order valence-electron chi connectivity index (χ3n) is 5.12. The van der Waals surface area contributed by atoms with E-state index in [1.54, 1.807) is 16.3 Å². The van der Waals surface area contributed by atoms with E-state index in [0.717, 1.165) is 28.7 Å². The minimum atomic E-state index is 0.00456. The van der Waals surface area contributed by atoms with Crippen molar-refractivity contribution in [3.63, 3.8) is 0 Å². The number of nitrogens with zero attached hydrogens (tertiary/aromatic N) is 3. The summed E-state index contributed by atoms with van der Waals surface area (Å²) in [5, 5.41) is 1.44. The van der Waals surface area contributed by atoms with Crippen LogP contribution in [-0.4, -0.2) is 39.8 Å². The molecule has 2 aromatic carbocycles. The topological polar surface area (TPSA) is 38.1 Å². The van der Waals surface area contributed by atoms with E-state index < -0.39 is 0 Å². The van der Waals surface area contributed by atoms with Crippen molar-refractivity contribution in [3.05, 3.63) is 64.4 Å². The van der Waals surface area contributed by atoms with E-state index in [9.17, 15) is 4.79 Å². The van der Waals surface area contributed by atoms with Gasteiger partial charge in [-0.1, -0.05) is 48.0 Å². The summed E-state index contributed by atoms with van der Waals surface area (Å²) in [5.41, 5.74) is 2.83. The van der Waals surface area contributed by atoms with E-state index in [1.807, 2.05) is 48.5 Å². The Morgan fingerprint density at radius 3 is 2.52 bits per heavy atom. The zero-order valence-electron chi connectivity index (χ0n) is 15.7. The fourth-order valence-corrected chi connectivity index (χ4v) is 4.59. The number of hydrogen-bond donors (Lipinski definition) is 0. The van der Waals surface area contributed by atoms with E-state index in [0.29, 0.717) is 5.39 Å². The van der Waals surface area contributed by atoms with Crippen LogP contribution < -0.4 is 5.56 Å². The van der Waals surface area contributed by atoms with Crippen LogP contribution in [0, 0.1) is 6.92 Å². The van der Waals surface area contributed by atoms with E-state index in [-0.39, 0.29) is 5.56 Å². The third kappa shape index (κ3) is 4.09. The second-order valence-electron chi connectivity index (χ2n) is 7.14. The summed E-state index contributed by atoms with van der Waals surface area (Å²) < 4.78 is 1.77. The van der Waals surface area contributed by atoms with E-state index in [1.165, 1.54) is 37.9 Å². The summed E-state index contributed by atoms with van der Waals surface area (Å²) in [6, 6.07) is 15.7. The lowest BCUT2D eigenvalue weighted by molar-refractivity contribution is 0.242. The van der Waals surface area contributed by atoms with Gasteiger partial charge >= 0.3 is 0 Å². The molecular weight excluding hydrogens is 354 g/mol. The predicted molar refractivity (Wildman–Crippen MR) is 113 cm³/mol. The fourth-order valence-electron chi connectivity index (χ4n) is 3.58. The van der Waals surface area contributed by atoms with Gasteiger partial charge in [0, 0.05) is 12.3 Å². The Morgan fingerprint density at radius 1 is 1.00 bits per heavy atom. The number of piperidine rings is 1. The highest BCUT2D eigenvalue weighted by Crippen LogP contribution is 2.22. The highest BCUT2D eigenvalue weighted by molar-refractivity contribution is 7.99. The zero-order valence-corrected chi connectivity index (χ0v) is 16.5. The molecule has 0 spiro atoms. The average Bonchev–Trinajstić information content (AvgIpc) is 2.70. The van der Waals surface area contributed by atoms with E-state index >= 15 is 0 Å². The van der Waals surface area contributed by atoms with Gasteiger partial charge < -0.3 is 4.90 Å². The molecule has 1 aliphatic rings. The molecule has 1 fully saturated rings. The monoisotopic (exact) mass is 379 g/mol. The lowest BCUT2D eigenvalue weighted by atomic mass is 10.1. The molecule has 1 aromatic heterocycles. The molecule has 0 N–H and O–H groups in total.